The Bertz CT molecular complexity index is 420. The Morgan fingerprint density at radius 2 is 1.86 bits per heavy atom. The zero-order chi connectivity index (χ0) is 10.3. The van der Waals surface area contributed by atoms with Gasteiger partial charge in [0.15, 0.2) is 0 Å². The highest BCUT2D eigenvalue weighted by atomic mass is 15.3. The number of nitrogens with zero attached hydrogens (tertiary/aromatic N) is 4. The molecule has 0 saturated carbocycles. The summed E-state index contributed by atoms with van der Waals surface area (Å²) in [5.74, 6) is 0. The lowest BCUT2D eigenvalue weighted by Gasteiger charge is -1.97. The summed E-state index contributed by atoms with van der Waals surface area (Å²) in [5.41, 5.74) is 4.28. The van der Waals surface area contributed by atoms with Crippen molar-refractivity contribution in [3.63, 3.8) is 0 Å². The van der Waals surface area contributed by atoms with Crippen molar-refractivity contribution in [2.75, 3.05) is 0 Å². The first-order valence-corrected chi connectivity index (χ1v) is 4.59. The first kappa shape index (κ1) is 8.99. The first-order valence-electron chi connectivity index (χ1n) is 4.59. The molecule has 0 spiro atoms. The predicted octanol–water partition coefficient (Wildman–Crippen LogP) is 1.44. The first-order chi connectivity index (χ1) is 6.58. The van der Waals surface area contributed by atoms with Gasteiger partial charge in [0.2, 0.25) is 0 Å². The lowest BCUT2D eigenvalue weighted by atomic mass is 10.2. The fraction of sp³-hybridized carbons (Fsp3) is 0.400. The van der Waals surface area contributed by atoms with Gasteiger partial charge in [-0.1, -0.05) is 0 Å². The Morgan fingerprint density at radius 3 is 2.29 bits per heavy atom. The highest BCUT2D eigenvalue weighted by Gasteiger charge is 2.10. The molecule has 74 valence electrons. The number of hydrogen-bond acceptors (Lipinski definition) is 2. The number of hydrogen-bond donors (Lipinski definition) is 0. The molecule has 0 fully saturated rings. The SMILES string of the molecule is Cc1cc(-c2nn(C)cc2C)n(C)n1. The molecule has 4 nitrogen and oxygen atoms in total. The van der Waals surface area contributed by atoms with E-state index < -0.39 is 0 Å². The van der Waals surface area contributed by atoms with Crippen LogP contribution < -0.4 is 0 Å². The third-order valence-electron chi connectivity index (χ3n) is 2.26. The van der Waals surface area contributed by atoms with Crippen LogP contribution in [0.4, 0.5) is 0 Å². The lowest BCUT2D eigenvalue weighted by molar-refractivity contribution is 0.744. The molecule has 0 bridgehead atoms. The van der Waals surface area contributed by atoms with Crippen LogP contribution >= 0.6 is 0 Å². The van der Waals surface area contributed by atoms with Gasteiger partial charge < -0.3 is 0 Å². The minimum atomic E-state index is 1.01. The number of rotatable bonds is 1. The molecule has 0 amide bonds. The fourth-order valence-electron chi connectivity index (χ4n) is 1.69. The Balaban J connectivity index is 2.59. The summed E-state index contributed by atoms with van der Waals surface area (Å²) in [5, 5.41) is 8.72. The normalized spacial score (nSPS) is 10.9. The minimum Gasteiger partial charge on any atom is -0.275 e. The second-order valence-electron chi connectivity index (χ2n) is 3.63. The average molecular weight is 190 g/mol. The van der Waals surface area contributed by atoms with Crippen molar-refractivity contribution in [2.45, 2.75) is 13.8 Å². The van der Waals surface area contributed by atoms with E-state index in [1.807, 2.05) is 36.6 Å². The summed E-state index contributed by atoms with van der Waals surface area (Å²) in [6.07, 6.45) is 2.01. The quantitative estimate of drug-likeness (QED) is 0.682. The lowest BCUT2D eigenvalue weighted by Crippen LogP contribution is -1.96. The van der Waals surface area contributed by atoms with Crippen molar-refractivity contribution in [1.82, 2.24) is 19.6 Å². The summed E-state index contributed by atoms with van der Waals surface area (Å²) in [4.78, 5) is 0. The van der Waals surface area contributed by atoms with Crippen molar-refractivity contribution >= 4 is 0 Å². The van der Waals surface area contributed by atoms with E-state index in [0.29, 0.717) is 0 Å². The van der Waals surface area contributed by atoms with E-state index in [1.54, 1.807) is 0 Å². The van der Waals surface area contributed by atoms with Gasteiger partial charge in [-0.2, -0.15) is 10.2 Å². The molecule has 0 radical (unpaired) electrons. The molecule has 4 heteroatoms. The van der Waals surface area contributed by atoms with Crippen molar-refractivity contribution < 1.29 is 0 Å². The number of aryl methyl sites for hydroxylation is 4. The summed E-state index contributed by atoms with van der Waals surface area (Å²) in [7, 11) is 3.87. The van der Waals surface area contributed by atoms with Crippen LogP contribution in [0.15, 0.2) is 12.3 Å². The van der Waals surface area contributed by atoms with E-state index in [9.17, 15) is 0 Å². The van der Waals surface area contributed by atoms with Crippen molar-refractivity contribution in [3.8, 4) is 11.4 Å². The Kier molecular flexibility index (Phi) is 1.91. The summed E-state index contributed by atoms with van der Waals surface area (Å²) < 4.78 is 3.69. The topological polar surface area (TPSA) is 35.6 Å². The van der Waals surface area contributed by atoms with Gasteiger partial charge in [0.25, 0.3) is 0 Å². The second kappa shape index (κ2) is 2.97. The molecule has 2 rings (SSSR count). The van der Waals surface area contributed by atoms with Gasteiger partial charge in [-0.3, -0.25) is 9.36 Å². The molecule has 0 atom stereocenters. The Morgan fingerprint density at radius 1 is 1.14 bits per heavy atom. The molecule has 0 aliphatic carbocycles. The Hall–Kier alpha value is -1.58. The maximum absolute atomic E-state index is 4.41. The third-order valence-corrected chi connectivity index (χ3v) is 2.26. The molecule has 2 heterocycles. The maximum Gasteiger partial charge on any atom is 0.113 e. The molecular weight excluding hydrogens is 176 g/mol. The summed E-state index contributed by atoms with van der Waals surface area (Å²) >= 11 is 0. The molecule has 0 aromatic carbocycles. The van der Waals surface area contributed by atoms with E-state index in [1.165, 1.54) is 5.56 Å². The molecule has 0 aliphatic heterocycles. The van der Waals surface area contributed by atoms with E-state index in [-0.39, 0.29) is 0 Å². The average Bonchev–Trinajstić information content (AvgIpc) is 2.55. The number of aromatic nitrogens is 4. The van der Waals surface area contributed by atoms with Gasteiger partial charge >= 0.3 is 0 Å². The van der Waals surface area contributed by atoms with Crippen LogP contribution in [0.5, 0.6) is 0 Å². The van der Waals surface area contributed by atoms with Gasteiger partial charge in [-0.15, -0.1) is 0 Å². The minimum absolute atomic E-state index is 1.01. The Labute approximate surface area is 83.2 Å². The largest absolute Gasteiger partial charge is 0.275 e. The van der Waals surface area contributed by atoms with Crippen molar-refractivity contribution in [3.05, 3.63) is 23.5 Å². The van der Waals surface area contributed by atoms with Gasteiger partial charge in [0, 0.05) is 20.3 Å². The van der Waals surface area contributed by atoms with Crippen LogP contribution in [0, 0.1) is 13.8 Å². The van der Waals surface area contributed by atoms with Crippen LogP contribution in [0.1, 0.15) is 11.3 Å². The molecular formula is C10H14N4. The van der Waals surface area contributed by atoms with Crippen LogP contribution in [-0.2, 0) is 14.1 Å². The molecule has 0 N–H and O–H groups in total. The van der Waals surface area contributed by atoms with E-state index in [0.717, 1.165) is 17.1 Å². The zero-order valence-electron chi connectivity index (χ0n) is 8.94. The third kappa shape index (κ3) is 1.32. The van der Waals surface area contributed by atoms with E-state index >= 15 is 0 Å². The van der Waals surface area contributed by atoms with Gasteiger partial charge in [0.05, 0.1) is 11.4 Å². The van der Waals surface area contributed by atoms with E-state index in [2.05, 4.69) is 23.2 Å². The molecule has 14 heavy (non-hydrogen) atoms. The van der Waals surface area contributed by atoms with Gasteiger partial charge in [-0.25, -0.2) is 0 Å². The monoisotopic (exact) mass is 190 g/mol. The molecule has 0 unspecified atom stereocenters. The smallest absolute Gasteiger partial charge is 0.113 e. The molecule has 0 aliphatic rings. The molecule has 2 aromatic heterocycles. The highest BCUT2D eigenvalue weighted by Crippen LogP contribution is 2.20. The van der Waals surface area contributed by atoms with Crippen LogP contribution in [0.2, 0.25) is 0 Å². The van der Waals surface area contributed by atoms with Gasteiger partial charge in [-0.05, 0) is 25.5 Å². The molecule has 0 saturated heterocycles. The standard InChI is InChI=1S/C10H14N4/c1-7-6-13(3)12-10(7)9-5-8(2)11-14(9)4/h5-6H,1-4H3. The zero-order valence-corrected chi connectivity index (χ0v) is 8.94. The summed E-state index contributed by atoms with van der Waals surface area (Å²) in [6, 6.07) is 2.05. The fourth-order valence-corrected chi connectivity index (χ4v) is 1.69. The summed E-state index contributed by atoms with van der Waals surface area (Å²) in [6.45, 7) is 4.05. The second-order valence-corrected chi connectivity index (χ2v) is 3.63. The maximum atomic E-state index is 4.41. The van der Waals surface area contributed by atoms with Crippen molar-refractivity contribution in [2.24, 2.45) is 14.1 Å². The predicted molar refractivity (Wildman–Crippen MR) is 54.9 cm³/mol. The van der Waals surface area contributed by atoms with Crippen LogP contribution in [0.3, 0.4) is 0 Å². The highest BCUT2D eigenvalue weighted by molar-refractivity contribution is 5.58. The van der Waals surface area contributed by atoms with E-state index in [4.69, 9.17) is 0 Å². The van der Waals surface area contributed by atoms with Crippen molar-refractivity contribution in [1.29, 1.82) is 0 Å². The van der Waals surface area contributed by atoms with Crippen LogP contribution in [0.25, 0.3) is 11.4 Å². The van der Waals surface area contributed by atoms with Gasteiger partial charge in [0.1, 0.15) is 5.69 Å². The van der Waals surface area contributed by atoms with Crippen LogP contribution in [-0.4, -0.2) is 19.6 Å². The molecule has 2 aromatic rings.